The van der Waals surface area contributed by atoms with Crippen molar-refractivity contribution < 1.29 is 13.9 Å². The minimum absolute atomic E-state index is 0.00566. The molecule has 3 rings (SSSR count). The van der Waals surface area contributed by atoms with E-state index >= 15 is 0 Å². The zero-order valence-corrected chi connectivity index (χ0v) is 12.2. The number of amides is 1. The molecular formula is C15H18N4O3. The van der Waals surface area contributed by atoms with Crippen molar-refractivity contribution in [1.29, 1.82) is 0 Å². The number of rotatable bonds is 5. The average molecular weight is 302 g/mol. The van der Waals surface area contributed by atoms with E-state index in [0.717, 1.165) is 5.56 Å². The van der Waals surface area contributed by atoms with Gasteiger partial charge in [-0.2, -0.15) is 0 Å². The first-order valence-corrected chi connectivity index (χ1v) is 7.27. The molecule has 1 fully saturated rings. The number of nitrogens with one attached hydrogen (secondary N) is 1. The summed E-state index contributed by atoms with van der Waals surface area (Å²) in [6.07, 6.45) is 0.576. The Hall–Kier alpha value is -2.41. The van der Waals surface area contributed by atoms with Crippen molar-refractivity contribution in [2.75, 3.05) is 38.2 Å². The van der Waals surface area contributed by atoms with E-state index in [2.05, 4.69) is 15.5 Å². The van der Waals surface area contributed by atoms with Gasteiger partial charge in [0.25, 0.3) is 0 Å². The van der Waals surface area contributed by atoms with Gasteiger partial charge in [0.05, 0.1) is 26.2 Å². The molecule has 0 radical (unpaired) electrons. The lowest BCUT2D eigenvalue weighted by Crippen LogP contribution is -2.43. The lowest BCUT2D eigenvalue weighted by atomic mass is 10.2. The van der Waals surface area contributed by atoms with Crippen LogP contribution in [0.15, 0.2) is 34.7 Å². The van der Waals surface area contributed by atoms with Gasteiger partial charge in [0.15, 0.2) is 0 Å². The number of hydrogen-bond donors (Lipinski definition) is 1. The van der Waals surface area contributed by atoms with E-state index in [1.54, 1.807) is 4.90 Å². The van der Waals surface area contributed by atoms with E-state index in [9.17, 15) is 4.79 Å². The van der Waals surface area contributed by atoms with E-state index in [4.69, 9.17) is 9.15 Å². The fraction of sp³-hybridized carbons (Fsp3) is 0.400. The number of anilines is 1. The normalized spacial score (nSPS) is 14.8. The molecule has 0 spiro atoms. The van der Waals surface area contributed by atoms with Gasteiger partial charge in [-0.3, -0.25) is 4.79 Å². The molecule has 116 valence electrons. The Kier molecular flexibility index (Phi) is 4.65. The number of carbonyl (C=O) groups excluding carboxylic acids is 1. The molecule has 0 unspecified atom stereocenters. The number of ether oxygens (including phenoxy) is 1. The highest BCUT2D eigenvalue weighted by atomic mass is 16.5. The average Bonchev–Trinajstić information content (AvgIpc) is 3.02. The van der Waals surface area contributed by atoms with Gasteiger partial charge in [-0.1, -0.05) is 35.4 Å². The molecule has 1 aliphatic heterocycles. The van der Waals surface area contributed by atoms with Gasteiger partial charge in [-0.15, -0.1) is 5.10 Å². The third-order valence-electron chi connectivity index (χ3n) is 3.42. The molecule has 1 saturated heterocycles. The first-order chi connectivity index (χ1) is 10.8. The maximum Gasteiger partial charge on any atom is 0.315 e. The van der Waals surface area contributed by atoms with Crippen LogP contribution in [-0.4, -0.2) is 53.9 Å². The minimum Gasteiger partial charge on any atom is -0.408 e. The van der Waals surface area contributed by atoms with Crippen molar-refractivity contribution >= 4 is 11.9 Å². The zero-order valence-electron chi connectivity index (χ0n) is 12.2. The van der Waals surface area contributed by atoms with Crippen LogP contribution < -0.4 is 5.32 Å². The molecule has 1 N–H and O–H groups in total. The Balaban J connectivity index is 1.50. The summed E-state index contributed by atoms with van der Waals surface area (Å²) in [5, 5.41) is 10.8. The van der Waals surface area contributed by atoms with Crippen LogP contribution >= 0.6 is 0 Å². The maximum atomic E-state index is 12.0. The lowest BCUT2D eigenvalue weighted by Gasteiger charge is -2.26. The van der Waals surface area contributed by atoms with E-state index < -0.39 is 0 Å². The first kappa shape index (κ1) is 14.5. The van der Waals surface area contributed by atoms with Gasteiger partial charge in [0.1, 0.15) is 0 Å². The Morgan fingerprint density at radius 2 is 1.95 bits per heavy atom. The number of carbonyl (C=O) groups is 1. The molecular weight excluding hydrogens is 284 g/mol. The molecule has 0 saturated carbocycles. The van der Waals surface area contributed by atoms with Crippen LogP contribution in [0.2, 0.25) is 0 Å². The largest absolute Gasteiger partial charge is 0.408 e. The number of morpholine rings is 1. The summed E-state index contributed by atoms with van der Waals surface area (Å²) in [5.41, 5.74) is 1.10. The summed E-state index contributed by atoms with van der Waals surface area (Å²) < 4.78 is 10.7. The predicted molar refractivity (Wildman–Crippen MR) is 79.4 cm³/mol. The number of benzene rings is 1. The van der Waals surface area contributed by atoms with Gasteiger partial charge in [-0.05, 0) is 5.56 Å². The van der Waals surface area contributed by atoms with Crippen molar-refractivity contribution in [3.63, 3.8) is 0 Å². The van der Waals surface area contributed by atoms with Crippen molar-refractivity contribution in [3.8, 4) is 0 Å². The molecule has 0 bridgehead atoms. The minimum atomic E-state index is 0.00566. The molecule has 7 heteroatoms. The molecule has 2 heterocycles. The monoisotopic (exact) mass is 302 g/mol. The fourth-order valence-corrected chi connectivity index (χ4v) is 2.24. The summed E-state index contributed by atoms with van der Waals surface area (Å²) in [6, 6.07) is 10.2. The predicted octanol–water partition coefficient (Wildman–Crippen LogP) is 0.931. The van der Waals surface area contributed by atoms with Crippen molar-refractivity contribution in [2.45, 2.75) is 6.42 Å². The maximum absolute atomic E-state index is 12.0. The number of nitrogens with zero attached hydrogens (tertiary/aromatic N) is 3. The lowest BCUT2D eigenvalue weighted by molar-refractivity contribution is -0.133. The van der Waals surface area contributed by atoms with Crippen LogP contribution in [0.25, 0.3) is 0 Å². The van der Waals surface area contributed by atoms with E-state index in [-0.39, 0.29) is 18.5 Å². The molecule has 1 aliphatic rings. The number of hydrogen-bond acceptors (Lipinski definition) is 6. The zero-order chi connectivity index (χ0) is 15.2. The topological polar surface area (TPSA) is 80.5 Å². The standard InChI is InChI=1S/C15H18N4O3/c20-14(19-6-8-21-9-7-19)11-16-15-18-17-13(22-15)10-12-4-2-1-3-5-12/h1-5H,6-11H2,(H,16,18). The molecule has 1 aromatic carbocycles. The van der Waals surface area contributed by atoms with Gasteiger partial charge in [-0.25, -0.2) is 0 Å². The summed E-state index contributed by atoms with van der Waals surface area (Å²) in [7, 11) is 0. The molecule has 0 atom stereocenters. The van der Waals surface area contributed by atoms with Gasteiger partial charge in [0, 0.05) is 13.1 Å². The van der Waals surface area contributed by atoms with E-state index in [1.165, 1.54) is 0 Å². The highest BCUT2D eigenvalue weighted by Gasteiger charge is 2.17. The van der Waals surface area contributed by atoms with Crippen LogP contribution in [0, 0.1) is 0 Å². The van der Waals surface area contributed by atoms with Gasteiger partial charge >= 0.3 is 6.01 Å². The molecule has 1 amide bonds. The summed E-state index contributed by atoms with van der Waals surface area (Å²) in [6.45, 7) is 2.58. The van der Waals surface area contributed by atoms with Crippen LogP contribution in [-0.2, 0) is 16.0 Å². The third-order valence-corrected chi connectivity index (χ3v) is 3.42. The SMILES string of the molecule is O=C(CNc1nnc(Cc2ccccc2)o1)N1CCOCC1. The molecule has 0 aliphatic carbocycles. The summed E-state index contributed by atoms with van der Waals surface area (Å²) in [5.74, 6) is 0.527. The Labute approximate surface area is 128 Å². The Bertz CT molecular complexity index is 608. The van der Waals surface area contributed by atoms with E-state index in [0.29, 0.717) is 38.6 Å². The van der Waals surface area contributed by atoms with E-state index in [1.807, 2.05) is 30.3 Å². The van der Waals surface area contributed by atoms with Crippen molar-refractivity contribution in [1.82, 2.24) is 15.1 Å². The van der Waals surface area contributed by atoms with Crippen LogP contribution in [0.3, 0.4) is 0 Å². The van der Waals surface area contributed by atoms with Crippen molar-refractivity contribution in [3.05, 3.63) is 41.8 Å². The fourth-order valence-electron chi connectivity index (χ4n) is 2.24. The second kappa shape index (κ2) is 7.04. The quantitative estimate of drug-likeness (QED) is 0.885. The second-order valence-corrected chi connectivity index (χ2v) is 5.01. The van der Waals surface area contributed by atoms with Gasteiger partial charge in [0.2, 0.25) is 11.8 Å². The highest BCUT2D eigenvalue weighted by Crippen LogP contribution is 2.11. The van der Waals surface area contributed by atoms with Crippen LogP contribution in [0.4, 0.5) is 6.01 Å². The second-order valence-electron chi connectivity index (χ2n) is 5.01. The van der Waals surface area contributed by atoms with Gasteiger partial charge < -0.3 is 19.4 Å². The number of aromatic nitrogens is 2. The molecule has 7 nitrogen and oxygen atoms in total. The Morgan fingerprint density at radius 1 is 1.18 bits per heavy atom. The molecule has 1 aromatic heterocycles. The Morgan fingerprint density at radius 3 is 2.73 bits per heavy atom. The smallest absolute Gasteiger partial charge is 0.315 e. The summed E-state index contributed by atoms with van der Waals surface area (Å²) >= 11 is 0. The van der Waals surface area contributed by atoms with Crippen LogP contribution in [0.5, 0.6) is 0 Å². The molecule has 22 heavy (non-hydrogen) atoms. The van der Waals surface area contributed by atoms with Crippen molar-refractivity contribution in [2.24, 2.45) is 0 Å². The van der Waals surface area contributed by atoms with Crippen LogP contribution in [0.1, 0.15) is 11.5 Å². The summed E-state index contributed by atoms with van der Waals surface area (Å²) in [4.78, 5) is 13.7. The third kappa shape index (κ3) is 3.82. The molecule has 2 aromatic rings. The first-order valence-electron chi connectivity index (χ1n) is 7.27. The highest BCUT2D eigenvalue weighted by molar-refractivity contribution is 5.80.